The van der Waals surface area contributed by atoms with Crippen LogP contribution in [0.2, 0.25) is 5.02 Å². The summed E-state index contributed by atoms with van der Waals surface area (Å²) >= 11 is 10.4. The van der Waals surface area contributed by atoms with Crippen LogP contribution in [0.3, 0.4) is 0 Å². The third kappa shape index (κ3) is 7.39. The van der Waals surface area contributed by atoms with E-state index in [1.54, 1.807) is 0 Å². The number of alkyl halides is 3. The van der Waals surface area contributed by atoms with Gasteiger partial charge in [0.15, 0.2) is 0 Å². The molecule has 0 radical (unpaired) electrons. The summed E-state index contributed by atoms with van der Waals surface area (Å²) in [6, 6.07) is 15.7. The SMILES string of the molecule is O=C(CSCc1cccc(Br)c1)Nc1ccc(S(=O)(=O)Nc2ccc(Cl)c(C(F)(F)F)c2)cc1. The largest absolute Gasteiger partial charge is 0.417 e. The minimum absolute atomic E-state index is 0.182. The molecule has 3 aromatic carbocycles. The molecule has 1 amide bonds. The predicted octanol–water partition coefficient (Wildman–Crippen LogP) is 6.79. The highest BCUT2D eigenvalue weighted by Crippen LogP contribution is 2.36. The minimum atomic E-state index is -4.73. The fourth-order valence-corrected chi connectivity index (χ4v) is 5.32. The fourth-order valence-electron chi connectivity index (χ4n) is 2.82. The van der Waals surface area contributed by atoms with Gasteiger partial charge in [-0.3, -0.25) is 9.52 Å². The highest BCUT2D eigenvalue weighted by Gasteiger charge is 2.33. The van der Waals surface area contributed by atoms with Gasteiger partial charge < -0.3 is 5.32 Å². The molecule has 180 valence electrons. The van der Waals surface area contributed by atoms with Crippen molar-refractivity contribution >= 4 is 66.6 Å². The van der Waals surface area contributed by atoms with Gasteiger partial charge in [-0.2, -0.15) is 13.2 Å². The molecular formula is C22H17BrClF3N2O3S2. The Bertz CT molecular complexity index is 1290. The standard InChI is InChI=1S/C22H17BrClF3N2O3S2/c23-15-3-1-2-14(10-15)12-33-13-21(30)28-16-4-7-18(8-5-16)34(31,32)29-17-6-9-20(24)19(11-17)22(25,26)27/h1-11,29H,12-13H2,(H,28,30). The second-order valence-corrected chi connectivity index (χ2v) is 11.0. The van der Waals surface area contributed by atoms with Gasteiger partial charge in [-0.05, 0) is 60.2 Å². The average molecular weight is 594 g/mol. The van der Waals surface area contributed by atoms with Gasteiger partial charge in [-0.25, -0.2) is 8.42 Å². The summed E-state index contributed by atoms with van der Waals surface area (Å²) in [6.45, 7) is 0. The zero-order chi connectivity index (χ0) is 24.9. The molecule has 3 aromatic rings. The van der Waals surface area contributed by atoms with E-state index in [9.17, 15) is 26.4 Å². The molecule has 0 bridgehead atoms. The molecule has 0 fully saturated rings. The number of thioether (sulfide) groups is 1. The Morgan fingerprint density at radius 3 is 2.32 bits per heavy atom. The van der Waals surface area contributed by atoms with Crippen molar-refractivity contribution in [2.45, 2.75) is 16.8 Å². The number of hydrogen-bond donors (Lipinski definition) is 2. The van der Waals surface area contributed by atoms with E-state index in [0.717, 1.165) is 22.2 Å². The molecule has 0 unspecified atom stereocenters. The molecule has 5 nitrogen and oxygen atoms in total. The van der Waals surface area contributed by atoms with Gasteiger partial charge in [0.1, 0.15) is 0 Å². The molecule has 0 aromatic heterocycles. The quantitative estimate of drug-likeness (QED) is 0.301. The Balaban J connectivity index is 1.59. The number of rotatable bonds is 8. The maximum atomic E-state index is 13.0. The smallest absolute Gasteiger partial charge is 0.325 e. The molecule has 0 saturated carbocycles. The van der Waals surface area contributed by atoms with Crippen molar-refractivity contribution in [1.29, 1.82) is 0 Å². The van der Waals surface area contributed by atoms with Crippen molar-refractivity contribution in [3.8, 4) is 0 Å². The van der Waals surface area contributed by atoms with Crippen LogP contribution in [0.5, 0.6) is 0 Å². The Kier molecular flexibility index (Phi) is 8.56. The van der Waals surface area contributed by atoms with Crippen molar-refractivity contribution in [2.75, 3.05) is 15.8 Å². The first-order valence-electron chi connectivity index (χ1n) is 9.56. The van der Waals surface area contributed by atoms with E-state index in [-0.39, 0.29) is 22.2 Å². The lowest BCUT2D eigenvalue weighted by Gasteiger charge is -2.13. The molecule has 0 heterocycles. The van der Waals surface area contributed by atoms with Gasteiger partial charge in [-0.1, -0.05) is 39.7 Å². The number of nitrogens with one attached hydrogen (secondary N) is 2. The van der Waals surface area contributed by atoms with Crippen LogP contribution in [0.15, 0.2) is 76.1 Å². The van der Waals surface area contributed by atoms with E-state index in [1.165, 1.54) is 36.0 Å². The highest BCUT2D eigenvalue weighted by molar-refractivity contribution is 9.10. The topological polar surface area (TPSA) is 75.3 Å². The molecule has 0 aliphatic rings. The predicted molar refractivity (Wildman–Crippen MR) is 133 cm³/mol. The summed E-state index contributed by atoms with van der Waals surface area (Å²) in [4.78, 5) is 12.0. The number of benzene rings is 3. The van der Waals surface area contributed by atoms with E-state index in [4.69, 9.17) is 11.6 Å². The van der Waals surface area contributed by atoms with Crippen molar-refractivity contribution in [1.82, 2.24) is 0 Å². The van der Waals surface area contributed by atoms with E-state index >= 15 is 0 Å². The van der Waals surface area contributed by atoms with E-state index in [1.807, 2.05) is 24.3 Å². The third-order valence-electron chi connectivity index (χ3n) is 4.36. The zero-order valence-electron chi connectivity index (χ0n) is 17.2. The fraction of sp³-hybridized carbons (Fsp3) is 0.136. The summed E-state index contributed by atoms with van der Waals surface area (Å²) in [5, 5.41) is 2.14. The third-order valence-corrected chi connectivity index (χ3v) is 7.59. The Hall–Kier alpha value is -2.21. The monoisotopic (exact) mass is 592 g/mol. The van der Waals surface area contributed by atoms with Crippen LogP contribution in [0, 0.1) is 0 Å². The molecule has 12 heteroatoms. The summed E-state index contributed by atoms with van der Waals surface area (Å²) in [5.41, 5.74) is 0.0249. The van der Waals surface area contributed by atoms with Gasteiger partial charge >= 0.3 is 6.18 Å². The summed E-state index contributed by atoms with van der Waals surface area (Å²) in [5.74, 6) is 0.595. The van der Waals surface area contributed by atoms with Crippen molar-refractivity contribution in [3.05, 3.63) is 87.4 Å². The molecule has 0 atom stereocenters. The second-order valence-electron chi connectivity index (χ2n) is 6.99. The summed E-state index contributed by atoms with van der Waals surface area (Å²) in [6.07, 6.45) is -4.73. The van der Waals surface area contributed by atoms with Crippen LogP contribution in [0.25, 0.3) is 0 Å². The lowest BCUT2D eigenvalue weighted by molar-refractivity contribution is -0.137. The minimum Gasteiger partial charge on any atom is -0.325 e. The molecule has 3 rings (SSSR count). The van der Waals surface area contributed by atoms with E-state index in [2.05, 4.69) is 26.0 Å². The number of halogens is 5. The maximum absolute atomic E-state index is 13.0. The number of amides is 1. The van der Waals surface area contributed by atoms with Crippen molar-refractivity contribution < 1.29 is 26.4 Å². The second kappa shape index (κ2) is 11.0. The highest BCUT2D eigenvalue weighted by atomic mass is 79.9. The van der Waals surface area contributed by atoms with Gasteiger partial charge in [0.2, 0.25) is 5.91 Å². The van der Waals surface area contributed by atoms with Gasteiger partial charge in [0, 0.05) is 21.6 Å². The molecule has 34 heavy (non-hydrogen) atoms. The summed E-state index contributed by atoms with van der Waals surface area (Å²) in [7, 11) is -4.16. The number of carbonyl (C=O) groups excluding carboxylic acids is 1. The number of carbonyl (C=O) groups is 1. The van der Waals surface area contributed by atoms with Crippen LogP contribution < -0.4 is 10.0 Å². The van der Waals surface area contributed by atoms with Gasteiger partial charge in [-0.15, -0.1) is 11.8 Å². The van der Waals surface area contributed by atoms with Crippen LogP contribution in [0.1, 0.15) is 11.1 Å². The van der Waals surface area contributed by atoms with Crippen LogP contribution in [-0.4, -0.2) is 20.1 Å². The first kappa shape index (κ1) is 26.4. The van der Waals surface area contributed by atoms with E-state index in [0.29, 0.717) is 17.5 Å². The van der Waals surface area contributed by atoms with E-state index < -0.39 is 26.8 Å². The van der Waals surface area contributed by atoms with Crippen LogP contribution in [0.4, 0.5) is 24.5 Å². The van der Waals surface area contributed by atoms with Crippen molar-refractivity contribution in [3.63, 3.8) is 0 Å². The Morgan fingerprint density at radius 2 is 1.68 bits per heavy atom. The Morgan fingerprint density at radius 1 is 1.00 bits per heavy atom. The first-order chi connectivity index (χ1) is 15.9. The molecular weight excluding hydrogens is 577 g/mol. The molecule has 0 saturated heterocycles. The molecule has 0 spiro atoms. The van der Waals surface area contributed by atoms with Gasteiger partial charge in [0.25, 0.3) is 10.0 Å². The van der Waals surface area contributed by atoms with Crippen molar-refractivity contribution in [2.24, 2.45) is 0 Å². The lowest BCUT2D eigenvalue weighted by atomic mass is 10.2. The Labute approximate surface area is 212 Å². The normalized spacial score (nSPS) is 11.8. The number of anilines is 2. The zero-order valence-corrected chi connectivity index (χ0v) is 21.2. The first-order valence-corrected chi connectivity index (χ1v) is 13.4. The average Bonchev–Trinajstić information content (AvgIpc) is 2.74. The maximum Gasteiger partial charge on any atom is 0.417 e. The van der Waals surface area contributed by atoms with Crippen LogP contribution >= 0.6 is 39.3 Å². The molecule has 2 N–H and O–H groups in total. The molecule has 0 aliphatic heterocycles. The number of hydrogen-bond acceptors (Lipinski definition) is 4. The number of sulfonamides is 1. The van der Waals surface area contributed by atoms with Gasteiger partial charge in [0.05, 0.1) is 21.2 Å². The lowest BCUT2D eigenvalue weighted by Crippen LogP contribution is -2.16. The summed E-state index contributed by atoms with van der Waals surface area (Å²) < 4.78 is 67.2. The van der Waals surface area contributed by atoms with Crippen LogP contribution in [-0.2, 0) is 26.7 Å². The molecule has 0 aliphatic carbocycles.